The van der Waals surface area contributed by atoms with Gasteiger partial charge in [0.15, 0.2) is 0 Å². The van der Waals surface area contributed by atoms with E-state index in [4.69, 9.17) is 10.5 Å². The fraction of sp³-hybridized carbons (Fsp3) is 0.667. The highest BCUT2D eigenvalue weighted by Gasteiger charge is 2.39. The molecule has 6 heteroatoms. The van der Waals surface area contributed by atoms with Gasteiger partial charge in [-0.1, -0.05) is 0 Å². The number of imidazole rings is 1. The highest BCUT2D eigenvalue weighted by atomic mass is 16.5. The molecular weight excluding hydrogens is 232 g/mol. The maximum absolute atomic E-state index is 12.4. The van der Waals surface area contributed by atoms with Crippen LogP contribution in [0.2, 0.25) is 0 Å². The molecule has 0 aromatic carbocycles. The topological polar surface area (TPSA) is 93.0 Å². The molecule has 0 bridgehead atoms. The van der Waals surface area contributed by atoms with E-state index in [9.17, 15) is 4.79 Å². The van der Waals surface area contributed by atoms with E-state index in [0.717, 1.165) is 5.82 Å². The molecular formula is C12H20N4O2. The second kappa shape index (κ2) is 5.49. The first-order chi connectivity index (χ1) is 8.68. The van der Waals surface area contributed by atoms with Crippen LogP contribution in [0.1, 0.15) is 31.6 Å². The van der Waals surface area contributed by atoms with Gasteiger partial charge in [0.05, 0.1) is 11.5 Å². The lowest BCUT2D eigenvalue weighted by Crippen LogP contribution is -2.49. The van der Waals surface area contributed by atoms with Gasteiger partial charge in [-0.3, -0.25) is 4.79 Å². The maximum atomic E-state index is 12.4. The fourth-order valence-electron chi connectivity index (χ4n) is 2.22. The van der Waals surface area contributed by atoms with Gasteiger partial charge < -0.3 is 20.8 Å². The molecule has 1 aliphatic rings. The number of aromatic amines is 1. The average Bonchev–Trinajstić information content (AvgIpc) is 2.93. The third-order valence-electron chi connectivity index (χ3n) is 3.60. The number of carbonyl (C=O) groups is 1. The van der Waals surface area contributed by atoms with Crippen LogP contribution in [0.25, 0.3) is 0 Å². The summed E-state index contributed by atoms with van der Waals surface area (Å²) in [6.07, 6.45) is 4.77. The number of rotatable bonds is 4. The van der Waals surface area contributed by atoms with Crippen molar-refractivity contribution in [3.8, 4) is 0 Å². The van der Waals surface area contributed by atoms with Crippen molar-refractivity contribution in [1.82, 2.24) is 15.3 Å². The number of carbonyl (C=O) groups excluding carboxylic acids is 1. The normalized spacial score (nSPS) is 20.3. The summed E-state index contributed by atoms with van der Waals surface area (Å²) < 4.78 is 5.30. The minimum atomic E-state index is -0.487. The van der Waals surface area contributed by atoms with Crippen molar-refractivity contribution in [2.24, 2.45) is 11.1 Å². The minimum Gasteiger partial charge on any atom is -0.381 e. The van der Waals surface area contributed by atoms with Crippen LogP contribution in [-0.4, -0.2) is 35.6 Å². The first-order valence-electron chi connectivity index (χ1n) is 6.26. The zero-order chi connectivity index (χ0) is 13.0. The van der Waals surface area contributed by atoms with Gasteiger partial charge in [0.25, 0.3) is 0 Å². The molecule has 0 aliphatic carbocycles. The van der Waals surface area contributed by atoms with E-state index < -0.39 is 5.41 Å². The Kier molecular flexibility index (Phi) is 3.98. The fourth-order valence-corrected chi connectivity index (χ4v) is 2.22. The molecule has 6 nitrogen and oxygen atoms in total. The molecule has 0 spiro atoms. The van der Waals surface area contributed by atoms with Crippen LogP contribution < -0.4 is 11.1 Å². The van der Waals surface area contributed by atoms with E-state index in [1.54, 1.807) is 12.4 Å². The number of H-pyrrole nitrogens is 1. The summed E-state index contributed by atoms with van der Waals surface area (Å²) in [4.78, 5) is 19.5. The standard InChI is InChI=1S/C12H20N4O2/c1-9(10-14-4-5-15-10)16-11(17)12(8-13)2-6-18-7-3-12/h4-5,9H,2-3,6-8,13H2,1H3,(H,14,15)(H,16,17). The minimum absolute atomic E-state index is 0.00259. The van der Waals surface area contributed by atoms with Gasteiger partial charge >= 0.3 is 0 Å². The first-order valence-corrected chi connectivity index (χ1v) is 6.26. The number of nitrogens with two attached hydrogens (primary N) is 1. The van der Waals surface area contributed by atoms with Crippen LogP contribution in [0, 0.1) is 5.41 Å². The Morgan fingerprint density at radius 1 is 1.67 bits per heavy atom. The number of hydrogen-bond acceptors (Lipinski definition) is 4. The van der Waals surface area contributed by atoms with Crippen LogP contribution in [0.5, 0.6) is 0 Å². The van der Waals surface area contributed by atoms with E-state index in [-0.39, 0.29) is 11.9 Å². The van der Waals surface area contributed by atoms with Gasteiger partial charge in [-0.15, -0.1) is 0 Å². The zero-order valence-corrected chi connectivity index (χ0v) is 10.6. The van der Waals surface area contributed by atoms with Gasteiger partial charge in [-0.2, -0.15) is 0 Å². The second-order valence-corrected chi connectivity index (χ2v) is 4.77. The van der Waals surface area contributed by atoms with Gasteiger partial charge in [0, 0.05) is 32.2 Å². The third kappa shape index (κ3) is 2.54. The van der Waals surface area contributed by atoms with Crippen molar-refractivity contribution in [2.45, 2.75) is 25.8 Å². The molecule has 1 aromatic rings. The molecule has 100 valence electrons. The molecule has 0 saturated carbocycles. The van der Waals surface area contributed by atoms with Crippen molar-refractivity contribution in [3.63, 3.8) is 0 Å². The Bertz CT molecular complexity index is 385. The van der Waals surface area contributed by atoms with Crippen LogP contribution in [0.3, 0.4) is 0 Å². The Labute approximate surface area is 106 Å². The number of nitrogens with one attached hydrogen (secondary N) is 2. The Morgan fingerprint density at radius 3 is 2.94 bits per heavy atom. The highest BCUT2D eigenvalue weighted by Crippen LogP contribution is 2.30. The number of ether oxygens (including phenoxy) is 1. The molecule has 18 heavy (non-hydrogen) atoms. The van der Waals surface area contributed by atoms with Gasteiger partial charge in [-0.25, -0.2) is 4.98 Å². The number of aromatic nitrogens is 2. The van der Waals surface area contributed by atoms with E-state index >= 15 is 0 Å². The van der Waals surface area contributed by atoms with Crippen LogP contribution in [0.4, 0.5) is 0 Å². The molecule has 1 atom stereocenters. The molecule has 1 amide bonds. The lowest BCUT2D eigenvalue weighted by Gasteiger charge is -2.35. The molecule has 2 heterocycles. The van der Waals surface area contributed by atoms with Crippen molar-refractivity contribution < 1.29 is 9.53 Å². The second-order valence-electron chi connectivity index (χ2n) is 4.77. The summed E-state index contributed by atoms with van der Waals surface area (Å²) in [7, 11) is 0. The van der Waals surface area contributed by atoms with E-state index in [1.807, 2.05) is 6.92 Å². The Morgan fingerprint density at radius 2 is 2.39 bits per heavy atom. The molecule has 0 radical (unpaired) electrons. The number of amides is 1. The molecule has 1 saturated heterocycles. The van der Waals surface area contributed by atoms with Crippen LogP contribution in [-0.2, 0) is 9.53 Å². The van der Waals surface area contributed by atoms with E-state index in [1.165, 1.54) is 0 Å². The van der Waals surface area contributed by atoms with Crippen molar-refractivity contribution in [1.29, 1.82) is 0 Å². The largest absolute Gasteiger partial charge is 0.381 e. The summed E-state index contributed by atoms with van der Waals surface area (Å²) in [5.74, 6) is 0.750. The summed E-state index contributed by atoms with van der Waals surface area (Å²) in [5, 5.41) is 2.98. The quantitative estimate of drug-likeness (QED) is 0.720. The molecule has 1 aliphatic heterocycles. The van der Waals surface area contributed by atoms with Crippen molar-refractivity contribution in [2.75, 3.05) is 19.8 Å². The number of hydrogen-bond donors (Lipinski definition) is 3. The van der Waals surface area contributed by atoms with Gasteiger partial charge in [0.1, 0.15) is 5.82 Å². The lowest BCUT2D eigenvalue weighted by atomic mass is 9.79. The van der Waals surface area contributed by atoms with Crippen molar-refractivity contribution in [3.05, 3.63) is 18.2 Å². The summed E-state index contributed by atoms with van der Waals surface area (Å²) in [6.45, 7) is 3.45. The Balaban J connectivity index is 2.01. The molecule has 2 rings (SSSR count). The predicted molar refractivity (Wildman–Crippen MR) is 66.7 cm³/mol. The van der Waals surface area contributed by atoms with Gasteiger partial charge in [0.2, 0.25) is 5.91 Å². The Hall–Kier alpha value is -1.40. The average molecular weight is 252 g/mol. The highest BCUT2D eigenvalue weighted by molar-refractivity contribution is 5.83. The molecule has 1 fully saturated rings. The number of nitrogens with zero attached hydrogens (tertiary/aromatic N) is 1. The van der Waals surface area contributed by atoms with E-state index in [2.05, 4.69) is 15.3 Å². The summed E-state index contributed by atoms with van der Waals surface area (Å²) >= 11 is 0. The molecule has 1 aromatic heterocycles. The summed E-state index contributed by atoms with van der Waals surface area (Å²) in [5.41, 5.74) is 5.31. The third-order valence-corrected chi connectivity index (χ3v) is 3.60. The lowest BCUT2D eigenvalue weighted by molar-refractivity contribution is -0.136. The van der Waals surface area contributed by atoms with Crippen molar-refractivity contribution >= 4 is 5.91 Å². The monoisotopic (exact) mass is 252 g/mol. The maximum Gasteiger partial charge on any atom is 0.228 e. The zero-order valence-electron chi connectivity index (χ0n) is 10.6. The predicted octanol–water partition coefficient (Wildman–Crippen LogP) is 0.342. The SMILES string of the molecule is CC(NC(=O)C1(CN)CCOCC1)c1ncc[nH]1. The van der Waals surface area contributed by atoms with Crippen LogP contribution in [0.15, 0.2) is 12.4 Å². The molecule has 1 unspecified atom stereocenters. The van der Waals surface area contributed by atoms with Crippen LogP contribution >= 0.6 is 0 Å². The smallest absolute Gasteiger partial charge is 0.228 e. The first kappa shape index (κ1) is 13.0. The van der Waals surface area contributed by atoms with E-state index in [0.29, 0.717) is 32.6 Å². The van der Waals surface area contributed by atoms with Gasteiger partial charge in [-0.05, 0) is 19.8 Å². The molecule has 4 N–H and O–H groups in total. The summed E-state index contributed by atoms with van der Waals surface area (Å²) in [6, 6.07) is -0.140.